The summed E-state index contributed by atoms with van der Waals surface area (Å²) < 4.78 is 0. The number of benzene rings is 2. The third kappa shape index (κ3) is 5.14. The number of carbonyl (C=O) groups is 1. The van der Waals surface area contributed by atoms with Crippen molar-refractivity contribution in [3.8, 4) is 0 Å². The van der Waals surface area contributed by atoms with Gasteiger partial charge in [0.1, 0.15) is 11.0 Å². The molecule has 0 saturated carbocycles. The molecule has 155 valence electrons. The van der Waals surface area contributed by atoms with Crippen molar-refractivity contribution < 1.29 is 42.6 Å². The summed E-state index contributed by atoms with van der Waals surface area (Å²) in [5.41, 5.74) is 4.77. The van der Waals surface area contributed by atoms with Crippen LogP contribution in [0.25, 0.3) is 16.4 Å². The van der Waals surface area contributed by atoms with Crippen LogP contribution in [-0.4, -0.2) is 57.5 Å². The van der Waals surface area contributed by atoms with Gasteiger partial charge in [-0.2, -0.15) is 15.4 Å². The Balaban J connectivity index is 0.000000218. The van der Waals surface area contributed by atoms with Gasteiger partial charge in [0, 0.05) is 56.8 Å². The second kappa shape index (κ2) is 10.1. The fourth-order valence-corrected chi connectivity index (χ4v) is 3.94. The third-order valence-corrected chi connectivity index (χ3v) is 5.81. The predicted octanol–water partition coefficient (Wildman–Crippen LogP) is 3.05. The zero-order valence-corrected chi connectivity index (χ0v) is 20.1. The van der Waals surface area contributed by atoms with Gasteiger partial charge in [-0.1, -0.05) is 42.7 Å². The molecule has 1 aromatic heterocycles. The number of piperidine rings is 1. The number of fused-ring (bicyclic) bond motifs is 1. The van der Waals surface area contributed by atoms with Crippen LogP contribution >= 0.6 is 0 Å². The van der Waals surface area contributed by atoms with Crippen molar-refractivity contribution in [2.45, 2.75) is 26.4 Å². The van der Waals surface area contributed by atoms with Crippen LogP contribution in [0.3, 0.4) is 0 Å². The second-order valence-corrected chi connectivity index (χ2v) is 8.00. The average molecular weight is 481 g/mol. The van der Waals surface area contributed by atoms with Crippen LogP contribution in [0.1, 0.15) is 34.3 Å². The summed E-state index contributed by atoms with van der Waals surface area (Å²) in [6.45, 7) is 5.82. The number of nitrogens with one attached hydrogen (secondary N) is 1. The molecule has 1 spiro atoms. The van der Waals surface area contributed by atoms with E-state index in [1.54, 1.807) is 0 Å². The van der Waals surface area contributed by atoms with Crippen LogP contribution in [0.5, 0.6) is 0 Å². The molecule has 30 heavy (non-hydrogen) atoms. The van der Waals surface area contributed by atoms with Crippen molar-refractivity contribution in [3.63, 3.8) is 0 Å². The second-order valence-electron chi connectivity index (χ2n) is 8.00. The van der Waals surface area contributed by atoms with Gasteiger partial charge in [-0.15, -0.1) is 13.1 Å². The van der Waals surface area contributed by atoms with Crippen molar-refractivity contribution in [2.75, 3.05) is 26.2 Å². The van der Waals surface area contributed by atoms with Crippen LogP contribution in [-0.2, 0) is 39.3 Å². The van der Waals surface area contributed by atoms with Gasteiger partial charge in [-0.05, 0) is 30.7 Å². The van der Waals surface area contributed by atoms with Gasteiger partial charge in [0.05, 0.1) is 6.61 Å². The van der Waals surface area contributed by atoms with Gasteiger partial charge in [-0.3, -0.25) is 4.79 Å². The van der Waals surface area contributed by atoms with E-state index >= 15 is 0 Å². The number of hydrogen-bond donors (Lipinski definition) is 2. The van der Waals surface area contributed by atoms with Crippen molar-refractivity contribution in [1.29, 1.82) is 0 Å². The normalized spacial score (nSPS) is 16.9. The molecule has 7 nitrogen and oxygen atoms in total. The molecule has 2 aromatic carbocycles. The molecule has 1 amide bonds. The number of rotatable bonds is 2. The first-order chi connectivity index (χ1) is 14.1. The molecule has 8 heteroatoms. The number of likely N-dealkylation sites (tertiary alicyclic amines) is 1. The molecule has 0 bridgehead atoms. The number of hydrogen-bond acceptors (Lipinski definition) is 4. The maximum Gasteiger partial charge on any atom is 0.253 e. The summed E-state index contributed by atoms with van der Waals surface area (Å²) in [4.78, 5) is 14.4. The van der Waals surface area contributed by atoms with Crippen molar-refractivity contribution in [2.24, 2.45) is 5.41 Å². The average Bonchev–Trinajstić information content (AvgIpc) is 3.21. The number of aromatic amines is 1. The summed E-state index contributed by atoms with van der Waals surface area (Å²) in [6, 6.07) is 13.3. The Bertz CT molecular complexity index is 975. The molecule has 0 unspecified atom stereocenters. The van der Waals surface area contributed by atoms with E-state index in [1.807, 2.05) is 54.3 Å². The van der Waals surface area contributed by atoms with Crippen LogP contribution < -0.4 is 0 Å². The van der Waals surface area contributed by atoms with E-state index in [2.05, 4.69) is 20.7 Å². The van der Waals surface area contributed by atoms with Gasteiger partial charge < -0.3 is 15.3 Å². The van der Waals surface area contributed by atoms with Crippen LogP contribution in [0, 0.1) is 12.3 Å². The minimum Gasteiger partial charge on any atom is -0.662 e. The van der Waals surface area contributed by atoms with Gasteiger partial charge in [-0.25, -0.2) is 0 Å². The SMILES string of the molecule is Cc1ccc(CO)cc1.O=C(c1ccc2n[nH]nc2c1)N1CC2(CC[N-]CC2)C1.[Y]. The zero-order valence-electron chi connectivity index (χ0n) is 17.2. The molecule has 2 aliphatic heterocycles. The standard InChI is InChI=1S/C14H16N5O.C8H10O.Y/c20-13(10-1-2-11-12(7-10)17-18-16-11)19-8-14(9-19)3-5-15-6-4-14;1-7-2-4-8(6-9)5-3-7;/h1-2,7H,3-6,8-9H2,(H,16,17,18);2-5,9H,6H2,1H3;/q-1;;. The molecule has 0 aliphatic carbocycles. The predicted molar refractivity (Wildman–Crippen MR) is 112 cm³/mol. The minimum atomic E-state index is 0. The summed E-state index contributed by atoms with van der Waals surface area (Å²) in [7, 11) is 0. The summed E-state index contributed by atoms with van der Waals surface area (Å²) in [5, 5.41) is 23.6. The van der Waals surface area contributed by atoms with Crippen LogP contribution in [0.4, 0.5) is 0 Å². The van der Waals surface area contributed by atoms with Crippen LogP contribution in [0.2, 0.25) is 0 Å². The van der Waals surface area contributed by atoms with Gasteiger partial charge in [0.15, 0.2) is 0 Å². The third-order valence-electron chi connectivity index (χ3n) is 5.81. The Kier molecular flexibility index (Phi) is 7.74. The Labute approximate surface area is 201 Å². The Morgan fingerprint density at radius 1 is 1.10 bits per heavy atom. The van der Waals surface area contributed by atoms with E-state index in [-0.39, 0.29) is 45.2 Å². The Morgan fingerprint density at radius 3 is 2.43 bits per heavy atom. The number of aromatic nitrogens is 3. The minimum absolute atomic E-state index is 0. The van der Waals surface area contributed by atoms with Crippen LogP contribution in [0.15, 0.2) is 42.5 Å². The summed E-state index contributed by atoms with van der Waals surface area (Å²) in [5.74, 6) is 0.100. The molecular formula is C22H26N5O2Y-. The fraction of sp³-hybridized carbons (Fsp3) is 0.409. The van der Waals surface area contributed by atoms with Crippen molar-refractivity contribution in [1.82, 2.24) is 20.3 Å². The fourth-order valence-electron chi connectivity index (χ4n) is 3.94. The Morgan fingerprint density at radius 2 is 1.77 bits per heavy atom. The number of H-pyrrole nitrogens is 1. The van der Waals surface area contributed by atoms with Gasteiger partial charge in [0.2, 0.25) is 0 Å². The number of carbonyl (C=O) groups excluding carboxylic acids is 1. The number of nitrogens with zero attached hydrogens (tertiary/aromatic N) is 4. The number of aliphatic hydroxyl groups excluding tert-OH is 1. The first kappa shape index (κ1) is 23.0. The van der Waals surface area contributed by atoms with Crippen molar-refractivity contribution >= 4 is 16.9 Å². The van der Waals surface area contributed by atoms with E-state index in [4.69, 9.17) is 5.11 Å². The molecule has 2 N–H and O–H groups in total. The summed E-state index contributed by atoms with van der Waals surface area (Å²) >= 11 is 0. The zero-order chi connectivity index (χ0) is 20.3. The first-order valence-electron chi connectivity index (χ1n) is 9.98. The maximum atomic E-state index is 12.5. The van der Waals surface area contributed by atoms with E-state index < -0.39 is 0 Å². The maximum absolute atomic E-state index is 12.5. The first-order valence-corrected chi connectivity index (χ1v) is 9.98. The largest absolute Gasteiger partial charge is 0.662 e. The molecule has 1 radical (unpaired) electrons. The molecule has 2 saturated heterocycles. The number of aliphatic hydroxyl groups is 1. The molecule has 0 atom stereocenters. The quantitative estimate of drug-likeness (QED) is 0.588. The van der Waals surface area contributed by atoms with E-state index in [9.17, 15) is 4.79 Å². The molecule has 2 aliphatic rings. The molecule has 5 rings (SSSR count). The number of aryl methyl sites for hydroxylation is 1. The van der Waals surface area contributed by atoms with Gasteiger partial charge in [0.25, 0.3) is 5.91 Å². The van der Waals surface area contributed by atoms with Crippen molar-refractivity contribution in [3.05, 3.63) is 64.5 Å². The van der Waals surface area contributed by atoms with E-state index in [1.165, 1.54) is 5.56 Å². The Hall–Kier alpha value is -1.67. The molecule has 2 fully saturated rings. The molecule has 3 heterocycles. The number of amides is 1. The topological polar surface area (TPSA) is 96.2 Å². The molecular weight excluding hydrogens is 455 g/mol. The van der Waals surface area contributed by atoms with Gasteiger partial charge >= 0.3 is 0 Å². The summed E-state index contributed by atoms with van der Waals surface area (Å²) in [6.07, 6.45) is 2.25. The van der Waals surface area contributed by atoms with E-state index in [0.717, 1.165) is 55.6 Å². The monoisotopic (exact) mass is 481 g/mol. The molecule has 3 aromatic rings. The smallest absolute Gasteiger partial charge is 0.253 e. The van der Waals surface area contributed by atoms with E-state index in [0.29, 0.717) is 11.0 Å².